The second kappa shape index (κ2) is 7.48. The lowest BCUT2D eigenvalue weighted by Crippen LogP contribution is -2.35. The first-order chi connectivity index (χ1) is 15.2. The maximum absolute atomic E-state index is 8.93. The van der Waals surface area contributed by atoms with Gasteiger partial charge in [0.15, 0.2) is 5.69 Å². The SMILES string of the molecule is [2H]c1c(C)[n+](C)c(-c2cc3ccccc3cc2C)c2ccc(C3CCC(C)(C)CC3)cc12. The number of nitrogens with zero attached hydrogens (tertiary/aromatic N) is 1. The predicted molar refractivity (Wildman–Crippen MR) is 133 cm³/mol. The van der Waals surface area contributed by atoms with Crippen LogP contribution in [-0.4, -0.2) is 0 Å². The maximum Gasteiger partial charge on any atom is 0.220 e. The molecule has 4 aromatic rings. The smallest absolute Gasteiger partial charge is 0.198 e. The van der Waals surface area contributed by atoms with Gasteiger partial charge in [0.05, 0.1) is 12.3 Å². The Morgan fingerprint density at radius 1 is 0.903 bits per heavy atom. The molecule has 0 radical (unpaired) electrons. The first-order valence-corrected chi connectivity index (χ1v) is 11.7. The Morgan fingerprint density at radius 2 is 1.58 bits per heavy atom. The van der Waals surface area contributed by atoms with Crippen molar-refractivity contribution in [1.82, 2.24) is 0 Å². The van der Waals surface area contributed by atoms with E-state index in [0.29, 0.717) is 17.4 Å². The Balaban J connectivity index is 1.70. The van der Waals surface area contributed by atoms with E-state index in [0.717, 1.165) is 11.1 Å². The maximum atomic E-state index is 8.93. The fraction of sp³-hybridized carbons (Fsp3) is 0.367. The third-order valence-corrected chi connectivity index (χ3v) is 7.61. The molecule has 158 valence electrons. The van der Waals surface area contributed by atoms with Crippen molar-refractivity contribution in [3.8, 4) is 11.3 Å². The van der Waals surface area contributed by atoms with Crippen molar-refractivity contribution in [3.63, 3.8) is 0 Å². The summed E-state index contributed by atoms with van der Waals surface area (Å²) in [5.41, 5.74) is 6.65. The van der Waals surface area contributed by atoms with E-state index in [2.05, 4.69) is 93.9 Å². The molecule has 1 aliphatic carbocycles. The molecule has 0 N–H and O–H groups in total. The van der Waals surface area contributed by atoms with Gasteiger partial charge in [0, 0.05) is 13.0 Å². The Morgan fingerprint density at radius 3 is 2.29 bits per heavy atom. The van der Waals surface area contributed by atoms with E-state index in [4.69, 9.17) is 1.37 Å². The number of fused-ring (bicyclic) bond motifs is 2. The zero-order valence-electron chi connectivity index (χ0n) is 20.5. The minimum Gasteiger partial charge on any atom is -0.198 e. The lowest BCUT2D eigenvalue weighted by molar-refractivity contribution is -0.665. The van der Waals surface area contributed by atoms with Crippen molar-refractivity contribution in [3.05, 3.63) is 77.5 Å². The standard InChI is InChI=1S/C30H34N/c1-20-16-23-8-6-7-9-24(23)19-28(20)29-27-11-10-25(18-26(27)17-21(2)31(29)5)22-12-14-30(3,4)15-13-22/h6-11,16-19,22H,12-15H2,1-5H3/q+1/i17D. The number of aryl methyl sites for hydroxylation is 1. The number of benzene rings is 3. The molecule has 31 heavy (non-hydrogen) atoms. The fourth-order valence-corrected chi connectivity index (χ4v) is 5.42. The molecular formula is C30H34N+. The summed E-state index contributed by atoms with van der Waals surface area (Å²) in [6.07, 6.45) is 5.08. The zero-order valence-corrected chi connectivity index (χ0v) is 19.5. The quantitative estimate of drug-likeness (QED) is 0.298. The van der Waals surface area contributed by atoms with Gasteiger partial charge < -0.3 is 0 Å². The van der Waals surface area contributed by atoms with Gasteiger partial charge in [-0.05, 0) is 83.4 Å². The van der Waals surface area contributed by atoms with Crippen LogP contribution in [0, 0.1) is 19.3 Å². The second-order valence-corrected chi connectivity index (χ2v) is 10.4. The van der Waals surface area contributed by atoms with Crippen LogP contribution in [-0.2, 0) is 7.05 Å². The average Bonchev–Trinajstić information content (AvgIpc) is 2.78. The van der Waals surface area contributed by atoms with Gasteiger partial charge in [-0.15, -0.1) is 0 Å². The highest BCUT2D eigenvalue weighted by Gasteiger charge is 2.28. The molecule has 1 fully saturated rings. The molecule has 0 aliphatic heterocycles. The summed E-state index contributed by atoms with van der Waals surface area (Å²) in [4.78, 5) is 0. The third-order valence-electron chi connectivity index (χ3n) is 7.61. The number of hydrogen-bond donors (Lipinski definition) is 0. The molecule has 1 aliphatic rings. The van der Waals surface area contributed by atoms with Crippen LogP contribution in [0.5, 0.6) is 0 Å². The molecule has 1 nitrogen and oxygen atoms in total. The van der Waals surface area contributed by atoms with Crippen LogP contribution in [0.1, 0.15) is 63.6 Å². The molecule has 1 heterocycles. The van der Waals surface area contributed by atoms with Crippen molar-refractivity contribution >= 4 is 21.5 Å². The van der Waals surface area contributed by atoms with E-state index >= 15 is 0 Å². The normalized spacial score (nSPS) is 17.3. The van der Waals surface area contributed by atoms with Gasteiger partial charge in [-0.1, -0.05) is 56.3 Å². The molecule has 0 atom stereocenters. The highest BCUT2D eigenvalue weighted by molar-refractivity contribution is 5.97. The summed E-state index contributed by atoms with van der Waals surface area (Å²) in [6.45, 7) is 9.08. The van der Waals surface area contributed by atoms with Crippen LogP contribution in [0.4, 0.5) is 0 Å². The monoisotopic (exact) mass is 409 g/mol. The van der Waals surface area contributed by atoms with Crippen molar-refractivity contribution in [1.29, 1.82) is 0 Å². The summed E-state index contributed by atoms with van der Waals surface area (Å²) >= 11 is 0. The lowest BCUT2D eigenvalue weighted by atomic mass is 9.71. The molecule has 3 aromatic carbocycles. The van der Waals surface area contributed by atoms with Crippen LogP contribution >= 0.6 is 0 Å². The summed E-state index contributed by atoms with van der Waals surface area (Å²) in [7, 11) is 2.11. The third kappa shape index (κ3) is 3.65. The van der Waals surface area contributed by atoms with E-state index in [9.17, 15) is 0 Å². The summed E-state index contributed by atoms with van der Waals surface area (Å²) in [5.74, 6) is 0.618. The fourth-order valence-electron chi connectivity index (χ4n) is 5.42. The summed E-state index contributed by atoms with van der Waals surface area (Å²) in [6, 6.07) is 20.8. The summed E-state index contributed by atoms with van der Waals surface area (Å²) in [5, 5.41) is 4.80. The Hall–Kier alpha value is -2.67. The van der Waals surface area contributed by atoms with Crippen LogP contribution in [0.25, 0.3) is 32.8 Å². The van der Waals surface area contributed by atoms with E-state index in [1.54, 1.807) is 0 Å². The van der Waals surface area contributed by atoms with Gasteiger partial charge in [0.25, 0.3) is 0 Å². The highest BCUT2D eigenvalue weighted by Crippen LogP contribution is 2.43. The average molecular weight is 410 g/mol. The molecule has 1 saturated carbocycles. The minimum absolute atomic E-state index is 0.471. The van der Waals surface area contributed by atoms with E-state index < -0.39 is 0 Å². The Labute approximate surface area is 188 Å². The zero-order chi connectivity index (χ0) is 22.6. The molecular weight excluding hydrogens is 374 g/mol. The minimum atomic E-state index is 0.471. The number of hydrogen-bond acceptors (Lipinski definition) is 0. The van der Waals surface area contributed by atoms with Crippen molar-refractivity contribution < 1.29 is 5.94 Å². The van der Waals surface area contributed by atoms with Crippen molar-refractivity contribution in [2.24, 2.45) is 12.5 Å². The van der Waals surface area contributed by atoms with Gasteiger partial charge in [-0.3, -0.25) is 0 Å². The molecule has 1 heteroatoms. The van der Waals surface area contributed by atoms with E-state index in [-0.39, 0.29) is 0 Å². The largest absolute Gasteiger partial charge is 0.220 e. The number of pyridine rings is 1. The molecule has 5 rings (SSSR count). The Bertz CT molecular complexity index is 1340. The van der Waals surface area contributed by atoms with Crippen LogP contribution in [0.2, 0.25) is 0 Å². The van der Waals surface area contributed by atoms with Crippen LogP contribution < -0.4 is 4.57 Å². The van der Waals surface area contributed by atoms with Gasteiger partial charge in [-0.25, -0.2) is 0 Å². The molecule has 0 saturated heterocycles. The van der Waals surface area contributed by atoms with Gasteiger partial charge in [-0.2, -0.15) is 4.57 Å². The first-order valence-electron chi connectivity index (χ1n) is 12.2. The first kappa shape index (κ1) is 19.0. The Kier molecular flexibility index (Phi) is 4.60. The van der Waals surface area contributed by atoms with Crippen LogP contribution in [0.3, 0.4) is 0 Å². The molecule has 0 amide bonds. The summed E-state index contributed by atoms with van der Waals surface area (Å²) < 4.78 is 11.1. The van der Waals surface area contributed by atoms with Crippen molar-refractivity contribution in [2.75, 3.05) is 0 Å². The second-order valence-electron chi connectivity index (χ2n) is 10.4. The number of aromatic nitrogens is 1. The van der Waals surface area contributed by atoms with Crippen LogP contribution in [0.15, 0.2) is 60.6 Å². The number of rotatable bonds is 2. The molecule has 1 aromatic heterocycles. The van der Waals surface area contributed by atoms with Gasteiger partial charge >= 0.3 is 0 Å². The molecule has 0 bridgehead atoms. The van der Waals surface area contributed by atoms with Gasteiger partial charge in [0.2, 0.25) is 5.69 Å². The topological polar surface area (TPSA) is 3.88 Å². The molecule has 0 spiro atoms. The lowest BCUT2D eigenvalue weighted by Gasteiger charge is -2.34. The molecule has 0 unspecified atom stereocenters. The van der Waals surface area contributed by atoms with Gasteiger partial charge in [0.1, 0.15) is 7.05 Å². The predicted octanol–water partition coefficient (Wildman–Crippen LogP) is 7.79. The highest BCUT2D eigenvalue weighted by atomic mass is 14.9. The van der Waals surface area contributed by atoms with E-state index in [1.165, 1.54) is 64.2 Å². The van der Waals surface area contributed by atoms with E-state index in [1.807, 2.05) is 0 Å². The van der Waals surface area contributed by atoms with Crippen molar-refractivity contribution in [2.45, 2.75) is 59.3 Å².